The third-order valence-corrected chi connectivity index (χ3v) is 3.07. The summed E-state index contributed by atoms with van der Waals surface area (Å²) in [6.45, 7) is 8.10. The molecule has 0 spiro atoms. The quantitative estimate of drug-likeness (QED) is 0.723. The molecule has 1 aliphatic rings. The van der Waals surface area contributed by atoms with Gasteiger partial charge < -0.3 is 10.0 Å². The smallest absolute Gasteiger partial charge is 0.0692 e. The minimum Gasteiger partial charge on any atom is -0.390 e. The summed E-state index contributed by atoms with van der Waals surface area (Å²) in [6, 6.07) is 0.239. The van der Waals surface area contributed by atoms with Gasteiger partial charge >= 0.3 is 0 Å². The third kappa shape index (κ3) is 4.31. The lowest BCUT2D eigenvalue weighted by atomic mass is 9.86. The number of aliphatic imine (C=N–C) groups is 1. The van der Waals surface area contributed by atoms with Gasteiger partial charge in [0.2, 0.25) is 0 Å². The molecule has 1 unspecified atom stereocenters. The number of likely N-dealkylation sites (tertiary alicyclic amines) is 1. The highest BCUT2D eigenvalue weighted by Crippen LogP contribution is 2.27. The Morgan fingerprint density at radius 1 is 1.40 bits per heavy atom. The molecule has 0 aromatic heterocycles. The fraction of sp³-hybridized carbons (Fsp3) is 0.917. The summed E-state index contributed by atoms with van der Waals surface area (Å²) in [5.74, 6) is 0. The van der Waals surface area contributed by atoms with Crippen LogP contribution in [0, 0.1) is 0 Å². The van der Waals surface area contributed by atoms with Crippen molar-refractivity contribution >= 4 is 5.71 Å². The predicted molar refractivity (Wildman–Crippen MR) is 64.5 cm³/mol. The Kier molecular flexibility index (Phi) is 4.29. The van der Waals surface area contributed by atoms with Crippen molar-refractivity contribution in [1.29, 1.82) is 0 Å². The second-order valence-electron chi connectivity index (χ2n) is 5.16. The molecule has 0 amide bonds. The van der Waals surface area contributed by atoms with E-state index in [0.29, 0.717) is 0 Å². The zero-order valence-corrected chi connectivity index (χ0v) is 10.5. The van der Waals surface area contributed by atoms with Crippen LogP contribution in [0.4, 0.5) is 0 Å². The van der Waals surface area contributed by atoms with Gasteiger partial charge in [-0.05, 0) is 47.1 Å². The van der Waals surface area contributed by atoms with Crippen LogP contribution in [0.1, 0.15) is 40.0 Å². The van der Waals surface area contributed by atoms with E-state index in [1.807, 2.05) is 13.8 Å². The first kappa shape index (κ1) is 12.7. The molecular weight excluding hydrogens is 188 g/mol. The van der Waals surface area contributed by atoms with Crippen molar-refractivity contribution in [3.8, 4) is 0 Å². The SMILES string of the molecule is CC(C)=NC(C)CC1(O)CCN(C)CC1. The van der Waals surface area contributed by atoms with E-state index in [2.05, 4.69) is 23.9 Å². The molecule has 0 bridgehead atoms. The van der Waals surface area contributed by atoms with Gasteiger partial charge in [-0.25, -0.2) is 0 Å². The Balaban J connectivity index is 2.46. The van der Waals surface area contributed by atoms with Crippen molar-refractivity contribution in [3.63, 3.8) is 0 Å². The molecule has 1 rings (SSSR count). The molecule has 1 atom stereocenters. The lowest BCUT2D eigenvalue weighted by molar-refractivity contribution is -0.0257. The highest BCUT2D eigenvalue weighted by atomic mass is 16.3. The highest BCUT2D eigenvalue weighted by Gasteiger charge is 2.32. The molecule has 0 aromatic carbocycles. The van der Waals surface area contributed by atoms with Crippen LogP contribution in [0.15, 0.2) is 4.99 Å². The van der Waals surface area contributed by atoms with Crippen molar-refractivity contribution < 1.29 is 5.11 Å². The van der Waals surface area contributed by atoms with E-state index in [0.717, 1.165) is 38.1 Å². The van der Waals surface area contributed by atoms with Gasteiger partial charge in [0, 0.05) is 24.8 Å². The number of hydrogen-bond donors (Lipinski definition) is 1. The summed E-state index contributed by atoms with van der Waals surface area (Å²) in [7, 11) is 2.11. The number of rotatable bonds is 3. The average Bonchev–Trinajstić information content (AvgIpc) is 2.09. The Bertz CT molecular complexity index is 226. The Labute approximate surface area is 93.2 Å². The lowest BCUT2D eigenvalue weighted by Crippen LogP contribution is -2.44. The van der Waals surface area contributed by atoms with Gasteiger partial charge in [-0.2, -0.15) is 0 Å². The van der Waals surface area contributed by atoms with E-state index in [-0.39, 0.29) is 6.04 Å². The molecule has 1 heterocycles. The van der Waals surface area contributed by atoms with Gasteiger partial charge in [-0.15, -0.1) is 0 Å². The fourth-order valence-electron chi connectivity index (χ4n) is 2.28. The molecule has 88 valence electrons. The van der Waals surface area contributed by atoms with Gasteiger partial charge in [0.25, 0.3) is 0 Å². The van der Waals surface area contributed by atoms with Crippen LogP contribution in [0.2, 0.25) is 0 Å². The highest BCUT2D eigenvalue weighted by molar-refractivity contribution is 5.79. The van der Waals surface area contributed by atoms with Crippen molar-refractivity contribution in [2.24, 2.45) is 4.99 Å². The molecule has 1 saturated heterocycles. The van der Waals surface area contributed by atoms with E-state index in [4.69, 9.17) is 0 Å². The molecule has 3 heteroatoms. The maximum Gasteiger partial charge on any atom is 0.0692 e. The first-order valence-corrected chi connectivity index (χ1v) is 5.83. The molecule has 0 aromatic rings. The monoisotopic (exact) mass is 212 g/mol. The van der Waals surface area contributed by atoms with Crippen LogP contribution in [-0.4, -0.2) is 47.5 Å². The van der Waals surface area contributed by atoms with Gasteiger partial charge in [-0.1, -0.05) is 0 Å². The van der Waals surface area contributed by atoms with E-state index in [1.54, 1.807) is 0 Å². The van der Waals surface area contributed by atoms with Crippen LogP contribution in [0.3, 0.4) is 0 Å². The number of nitrogens with zero attached hydrogens (tertiary/aromatic N) is 2. The van der Waals surface area contributed by atoms with E-state index in [9.17, 15) is 5.11 Å². The van der Waals surface area contributed by atoms with Crippen LogP contribution >= 0.6 is 0 Å². The zero-order valence-electron chi connectivity index (χ0n) is 10.5. The average molecular weight is 212 g/mol. The van der Waals surface area contributed by atoms with Crippen LogP contribution in [-0.2, 0) is 0 Å². The van der Waals surface area contributed by atoms with Crippen LogP contribution in [0.5, 0.6) is 0 Å². The minimum absolute atomic E-state index is 0.239. The molecule has 15 heavy (non-hydrogen) atoms. The van der Waals surface area contributed by atoms with E-state index in [1.165, 1.54) is 0 Å². The fourth-order valence-corrected chi connectivity index (χ4v) is 2.28. The Morgan fingerprint density at radius 3 is 2.40 bits per heavy atom. The predicted octanol–water partition coefficient (Wildman–Crippen LogP) is 1.70. The maximum absolute atomic E-state index is 10.4. The molecule has 1 N–H and O–H groups in total. The summed E-state index contributed by atoms with van der Waals surface area (Å²) in [6.07, 6.45) is 2.56. The summed E-state index contributed by atoms with van der Waals surface area (Å²) < 4.78 is 0. The number of piperidine rings is 1. The molecule has 1 fully saturated rings. The van der Waals surface area contributed by atoms with Crippen molar-refractivity contribution in [1.82, 2.24) is 4.90 Å². The number of aliphatic hydroxyl groups is 1. The third-order valence-electron chi connectivity index (χ3n) is 3.07. The van der Waals surface area contributed by atoms with E-state index < -0.39 is 5.60 Å². The largest absolute Gasteiger partial charge is 0.390 e. The zero-order chi connectivity index (χ0) is 11.5. The van der Waals surface area contributed by atoms with Gasteiger partial charge in [0.1, 0.15) is 0 Å². The molecular formula is C12H24N2O. The second kappa shape index (κ2) is 5.08. The summed E-state index contributed by atoms with van der Waals surface area (Å²) in [4.78, 5) is 6.75. The molecule has 1 aliphatic heterocycles. The number of hydrogen-bond acceptors (Lipinski definition) is 3. The van der Waals surface area contributed by atoms with Crippen LogP contribution in [0.25, 0.3) is 0 Å². The first-order valence-electron chi connectivity index (χ1n) is 5.83. The Hall–Kier alpha value is -0.410. The summed E-state index contributed by atoms with van der Waals surface area (Å²) in [5.41, 5.74) is 0.615. The standard InChI is InChI=1S/C12H24N2O/c1-10(2)13-11(3)9-12(15)5-7-14(4)8-6-12/h11,15H,5-9H2,1-4H3. The van der Waals surface area contributed by atoms with Crippen LogP contribution < -0.4 is 0 Å². The normalized spacial score (nSPS) is 23.5. The second-order valence-corrected chi connectivity index (χ2v) is 5.16. The van der Waals surface area contributed by atoms with E-state index >= 15 is 0 Å². The molecule has 3 nitrogen and oxygen atoms in total. The maximum atomic E-state index is 10.4. The summed E-state index contributed by atoms with van der Waals surface area (Å²) >= 11 is 0. The van der Waals surface area contributed by atoms with Crippen molar-refractivity contribution in [2.75, 3.05) is 20.1 Å². The molecule has 0 saturated carbocycles. The molecule has 0 radical (unpaired) electrons. The molecule has 0 aliphatic carbocycles. The Morgan fingerprint density at radius 2 is 1.93 bits per heavy atom. The first-order chi connectivity index (χ1) is 6.91. The topological polar surface area (TPSA) is 35.8 Å². The van der Waals surface area contributed by atoms with Crippen molar-refractivity contribution in [3.05, 3.63) is 0 Å². The van der Waals surface area contributed by atoms with Crippen molar-refractivity contribution in [2.45, 2.75) is 51.7 Å². The lowest BCUT2D eigenvalue weighted by Gasteiger charge is -2.37. The van der Waals surface area contributed by atoms with Gasteiger partial charge in [0.15, 0.2) is 0 Å². The summed E-state index contributed by atoms with van der Waals surface area (Å²) in [5, 5.41) is 10.4. The van der Waals surface area contributed by atoms with Gasteiger partial charge in [-0.3, -0.25) is 4.99 Å². The van der Waals surface area contributed by atoms with Gasteiger partial charge in [0.05, 0.1) is 5.60 Å². The minimum atomic E-state index is -0.481.